The molecule has 0 radical (unpaired) electrons. The normalized spacial score (nSPS) is 20.4. The minimum Gasteiger partial charge on any atom is -0.314 e. The largest absolute Gasteiger partial charge is 0.314 e. The summed E-state index contributed by atoms with van der Waals surface area (Å²) in [4.78, 5) is 0. The van der Waals surface area contributed by atoms with Gasteiger partial charge in [-0.2, -0.15) is 0 Å². The Hall–Kier alpha value is -1.03. The van der Waals surface area contributed by atoms with E-state index in [4.69, 9.17) is 0 Å². The molecule has 0 aliphatic carbocycles. The van der Waals surface area contributed by atoms with Crippen LogP contribution in [0.5, 0.6) is 0 Å². The molecule has 1 unspecified atom stereocenters. The lowest BCUT2D eigenvalue weighted by atomic mass is 9.95. The van der Waals surface area contributed by atoms with Crippen molar-refractivity contribution < 1.29 is 13.2 Å². The highest BCUT2D eigenvalue weighted by Gasteiger charge is 2.19. The lowest BCUT2D eigenvalue weighted by Crippen LogP contribution is -2.35. The van der Waals surface area contributed by atoms with Crippen LogP contribution in [-0.4, -0.2) is 12.6 Å². The van der Waals surface area contributed by atoms with E-state index in [1.54, 1.807) is 13.0 Å². The first-order chi connectivity index (χ1) is 8.58. The van der Waals surface area contributed by atoms with Gasteiger partial charge < -0.3 is 5.32 Å². The average molecular weight is 257 g/mol. The van der Waals surface area contributed by atoms with Crippen molar-refractivity contribution in [2.75, 3.05) is 6.54 Å². The summed E-state index contributed by atoms with van der Waals surface area (Å²) < 4.78 is 38.9. The van der Waals surface area contributed by atoms with Gasteiger partial charge in [0.2, 0.25) is 0 Å². The van der Waals surface area contributed by atoms with E-state index < -0.39 is 17.8 Å². The van der Waals surface area contributed by atoms with Crippen molar-refractivity contribution in [2.45, 2.75) is 45.1 Å². The van der Waals surface area contributed by atoms with Gasteiger partial charge in [0.1, 0.15) is 5.82 Å². The Morgan fingerprint density at radius 3 is 2.67 bits per heavy atom. The third-order valence-corrected chi connectivity index (χ3v) is 3.51. The molecule has 1 N–H and O–H groups in total. The van der Waals surface area contributed by atoms with Gasteiger partial charge in [-0.15, -0.1) is 0 Å². The average Bonchev–Trinajstić information content (AvgIpc) is 2.28. The van der Waals surface area contributed by atoms with E-state index in [2.05, 4.69) is 5.32 Å². The van der Waals surface area contributed by atoms with Crippen molar-refractivity contribution in [3.63, 3.8) is 0 Å². The first-order valence-electron chi connectivity index (χ1n) is 6.38. The van der Waals surface area contributed by atoms with Crippen molar-refractivity contribution in [3.05, 3.63) is 34.6 Å². The van der Waals surface area contributed by atoms with Crippen LogP contribution in [0.4, 0.5) is 13.2 Å². The molecule has 1 fully saturated rings. The van der Waals surface area contributed by atoms with Gasteiger partial charge in [0.05, 0.1) is 5.56 Å². The number of halogens is 3. The number of hydrogen-bond acceptors (Lipinski definition) is 1. The van der Waals surface area contributed by atoms with Gasteiger partial charge in [0, 0.05) is 6.04 Å². The molecule has 0 bridgehead atoms. The first-order valence-corrected chi connectivity index (χ1v) is 6.38. The van der Waals surface area contributed by atoms with E-state index in [0.717, 1.165) is 18.5 Å². The van der Waals surface area contributed by atoms with E-state index in [1.807, 2.05) is 0 Å². The minimum atomic E-state index is -2.74. The van der Waals surface area contributed by atoms with E-state index in [1.165, 1.54) is 18.9 Å². The summed E-state index contributed by atoms with van der Waals surface area (Å²) in [7, 11) is 0. The Bertz CT molecular complexity index is 388. The smallest absolute Gasteiger partial charge is 0.266 e. The van der Waals surface area contributed by atoms with Crippen LogP contribution >= 0.6 is 0 Å². The fourth-order valence-corrected chi connectivity index (χ4v) is 2.60. The Labute approximate surface area is 105 Å². The highest BCUT2D eigenvalue weighted by Crippen LogP contribution is 2.27. The molecule has 4 heteroatoms. The van der Waals surface area contributed by atoms with Crippen LogP contribution in [0.2, 0.25) is 0 Å². The molecule has 18 heavy (non-hydrogen) atoms. The third-order valence-electron chi connectivity index (χ3n) is 3.51. The zero-order chi connectivity index (χ0) is 13.1. The summed E-state index contributed by atoms with van der Waals surface area (Å²) >= 11 is 0. The molecule has 0 spiro atoms. The summed E-state index contributed by atoms with van der Waals surface area (Å²) in [5.74, 6) is -0.782. The Morgan fingerprint density at radius 2 is 2.11 bits per heavy atom. The van der Waals surface area contributed by atoms with Crippen molar-refractivity contribution in [1.82, 2.24) is 5.32 Å². The second-order valence-corrected chi connectivity index (χ2v) is 4.96. The Morgan fingerprint density at radius 1 is 1.33 bits per heavy atom. The third kappa shape index (κ3) is 3.05. The minimum absolute atomic E-state index is 0.343. The van der Waals surface area contributed by atoms with Crippen molar-refractivity contribution in [3.8, 4) is 0 Å². The maximum Gasteiger partial charge on any atom is 0.266 e. The van der Waals surface area contributed by atoms with Crippen molar-refractivity contribution in [1.29, 1.82) is 0 Å². The van der Waals surface area contributed by atoms with Crippen LogP contribution in [-0.2, 0) is 6.42 Å². The fraction of sp³-hybridized carbons (Fsp3) is 0.571. The number of rotatable bonds is 3. The van der Waals surface area contributed by atoms with Gasteiger partial charge in [-0.1, -0.05) is 12.5 Å². The van der Waals surface area contributed by atoms with Crippen LogP contribution in [0.3, 0.4) is 0 Å². The molecule has 1 atom stereocenters. The molecule has 0 amide bonds. The topological polar surface area (TPSA) is 12.0 Å². The van der Waals surface area contributed by atoms with Crippen LogP contribution in [0.15, 0.2) is 12.1 Å². The van der Waals surface area contributed by atoms with Gasteiger partial charge in [-0.25, -0.2) is 13.2 Å². The lowest BCUT2D eigenvalue weighted by molar-refractivity contribution is 0.145. The molecule has 1 saturated heterocycles. The van der Waals surface area contributed by atoms with Crippen molar-refractivity contribution >= 4 is 0 Å². The number of aryl methyl sites for hydroxylation is 1. The standard InChI is InChI=1S/C14H18F3N/c1-9-6-10(7-11-4-2-3-5-18-11)8-12(15)13(9)14(16)17/h6,8,11,14,18H,2-5,7H2,1H3. The number of hydrogen-bond donors (Lipinski definition) is 1. The molecule has 0 saturated carbocycles. The number of alkyl halides is 2. The highest BCUT2D eigenvalue weighted by molar-refractivity contribution is 5.33. The molecule has 0 aromatic heterocycles. The zero-order valence-electron chi connectivity index (χ0n) is 10.5. The maximum absolute atomic E-state index is 13.6. The molecule has 1 aliphatic rings. The van der Waals surface area contributed by atoms with E-state index in [0.29, 0.717) is 18.0 Å². The van der Waals surface area contributed by atoms with E-state index in [9.17, 15) is 13.2 Å². The molecule has 1 aliphatic heterocycles. The Kier molecular flexibility index (Phi) is 4.27. The maximum atomic E-state index is 13.6. The van der Waals surface area contributed by atoms with Gasteiger partial charge in [-0.05, 0) is 49.9 Å². The van der Waals surface area contributed by atoms with Crippen LogP contribution in [0, 0.1) is 12.7 Å². The fourth-order valence-electron chi connectivity index (χ4n) is 2.60. The van der Waals surface area contributed by atoms with Crippen LogP contribution < -0.4 is 5.32 Å². The first kappa shape index (κ1) is 13.4. The van der Waals surface area contributed by atoms with Gasteiger partial charge >= 0.3 is 0 Å². The molecular formula is C14H18F3N. The summed E-state index contributed by atoms with van der Waals surface area (Å²) in [5.41, 5.74) is 0.681. The second kappa shape index (κ2) is 5.74. The monoisotopic (exact) mass is 257 g/mol. The lowest BCUT2D eigenvalue weighted by Gasteiger charge is -2.23. The highest BCUT2D eigenvalue weighted by atomic mass is 19.3. The zero-order valence-corrected chi connectivity index (χ0v) is 10.5. The van der Waals surface area contributed by atoms with Crippen LogP contribution in [0.1, 0.15) is 42.4 Å². The summed E-state index contributed by atoms with van der Waals surface area (Å²) in [6.07, 6.45) is 1.38. The molecular weight excluding hydrogens is 239 g/mol. The molecule has 2 rings (SSSR count). The van der Waals surface area contributed by atoms with Crippen LogP contribution in [0.25, 0.3) is 0 Å². The molecule has 1 aromatic rings. The number of nitrogens with one attached hydrogen (secondary N) is 1. The quantitative estimate of drug-likeness (QED) is 0.869. The van der Waals surface area contributed by atoms with Crippen molar-refractivity contribution in [2.24, 2.45) is 0 Å². The molecule has 1 aromatic carbocycles. The molecule has 100 valence electrons. The molecule has 1 nitrogen and oxygen atoms in total. The SMILES string of the molecule is Cc1cc(CC2CCCCN2)cc(F)c1C(F)F. The van der Waals surface area contributed by atoms with E-state index in [-0.39, 0.29) is 0 Å². The van der Waals surface area contributed by atoms with Gasteiger partial charge in [0.15, 0.2) is 0 Å². The second-order valence-electron chi connectivity index (χ2n) is 4.96. The summed E-state index contributed by atoms with van der Waals surface area (Å²) in [5, 5.41) is 3.37. The van der Waals surface area contributed by atoms with E-state index >= 15 is 0 Å². The molecule has 1 heterocycles. The summed E-state index contributed by atoms with van der Waals surface area (Å²) in [6, 6.07) is 3.28. The number of benzene rings is 1. The number of piperidine rings is 1. The predicted octanol–water partition coefficient (Wildman–Crippen LogP) is 3.76. The van der Waals surface area contributed by atoms with Gasteiger partial charge in [-0.3, -0.25) is 0 Å². The Balaban J connectivity index is 2.14. The predicted molar refractivity (Wildman–Crippen MR) is 65.4 cm³/mol. The summed E-state index contributed by atoms with van der Waals surface area (Å²) in [6.45, 7) is 2.53. The van der Waals surface area contributed by atoms with Gasteiger partial charge in [0.25, 0.3) is 6.43 Å².